The Bertz CT molecular complexity index is 391. The van der Waals surface area contributed by atoms with Crippen molar-refractivity contribution in [2.75, 3.05) is 20.1 Å². The van der Waals surface area contributed by atoms with Gasteiger partial charge in [0.1, 0.15) is 0 Å². The van der Waals surface area contributed by atoms with Gasteiger partial charge in [0.15, 0.2) is 0 Å². The molecule has 1 unspecified atom stereocenters. The van der Waals surface area contributed by atoms with Crippen molar-refractivity contribution in [1.82, 2.24) is 20.0 Å². The Balaban J connectivity index is 1.97. The highest BCUT2D eigenvalue weighted by atomic mass is 15.3. The van der Waals surface area contributed by atoms with Gasteiger partial charge in [-0.15, -0.1) is 0 Å². The van der Waals surface area contributed by atoms with Crippen molar-refractivity contribution in [2.24, 2.45) is 7.05 Å². The van der Waals surface area contributed by atoms with Crippen LogP contribution in [0.4, 0.5) is 0 Å². The van der Waals surface area contributed by atoms with Gasteiger partial charge in [0.2, 0.25) is 0 Å². The lowest BCUT2D eigenvalue weighted by Crippen LogP contribution is -2.56. The number of rotatable bonds is 6. The third kappa shape index (κ3) is 3.18. The molecule has 1 N–H and O–H groups in total. The Labute approximate surface area is 117 Å². The molecule has 0 saturated carbocycles. The predicted molar refractivity (Wildman–Crippen MR) is 79.3 cm³/mol. The van der Waals surface area contributed by atoms with E-state index in [0.29, 0.717) is 6.04 Å². The van der Waals surface area contributed by atoms with Crippen LogP contribution in [0, 0.1) is 0 Å². The smallest absolute Gasteiger partial charge is 0.0492 e. The molecule has 4 nitrogen and oxygen atoms in total. The fraction of sp³-hybridized carbons (Fsp3) is 0.800. The van der Waals surface area contributed by atoms with E-state index in [1.807, 2.05) is 17.9 Å². The number of nitrogens with one attached hydrogen (secondary N) is 1. The molecule has 0 aliphatic carbocycles. The molecule has 1 aromatic heterocycles. The maximum absolute atomic E-state index is 4.25. The van der Waals surface area contributed by atoms with Crippen LogP contribution in [0.3, 0.4) is 0 Å². The van der Waals surface area contributed by atoms with E-state index in [4.69, 9.17) is 0 Å². The van der Waals surface area contributed by atoms with Gasteiger partial charge in [0.05, 0.1) is 0 Å². The highest BCUT2D eigenvalue weighted by Crippen LogP contribution is 2.26. The van der Waals surface area contributed by atoms with Gasteiger partial charge in [0, 0.05) is 30.5 Å². The molecule has 1 aromatic rings. The minimum Gasteiger partial charge on any atom is -0.315 e. The largest absolute Gasteiger partial charge is 0.315 e. The molecule has 2 heterocycles. The van der Waals surface area contributed by atoms with Crippen molar-refractivity contribution < 1.29 is 0 Å². The van der Waals surface area contributed by atoms with Gasteiger partial charge in [-0.05, 0) is 65.7 Å². The molecular formula is C15H28N4. The third-order valence-electron chi connectivity index (χ3n) is 4.73. The second kappa shape index (κ2) is 6.06. The molecule has 0 aromatic carbocycles. The first kappa shape index (κ1) is 14.5. The number of likely N-dealkylation sites (N-methyl/N-ethyl adjacent to an activating group) is 1. The lowest BCUT2D eigenvalue weighted by molar-refractivity contribution is 0.106. The van der Waals surface area contributed by atoms with Crippen LogP contribution in [0.15, 0.2) is 12.3 Å². The average molecular weight is 264 g/mol. The second-order valence-electron chi connectivity index (χ2n) is 6.17. The Kier molecular flexibility index (Phi) is 4.63. The first-order valence-electron chi connectivity index (χ1n) is 7.45. The summed E-state index contributed by atoms with van der Waals surface area (Å²) in [5.74, 6) is 0. The number of aromatic nitrogens is 2. The third-order valence-corrected chi connectivity index (χ3v) is 4.73. The van der Waals surface area contributed by atoms with E-state index in [0.717, 1.165) is 12.8 Å². The molecule has 4 heteroatoms. The molecule has 1 atom stereocenters. The average Bonchev–Trinajstić information content (AvgIpc) is 3.01. The van der Waals surface area contributed by atoms with Gasteiger partial charge >= 0.3 is 0 Å². The van der Waals surface area contributed by atoms with Crippen LogP contribution in [0.25, 0.3) is 0 Å². The standard InChI is InChI=1S/C15H28N4/c1-15(2,19-11-5-6-12-19)14(16-3)8-7-13-9-10-17-18(13)4/h9-10,14,16H,5-8,11-12H2,1-4H3. The first-order valence-corrected chi connectivity index (χ1v) is 7.45. The second-order valence-corrected chi connectivity index (χ2v) is 6.17. The molecule has 2 rings (SSSR count). The zero-order valence-corrected chi connectivity index (χ0v) is 12.8. The van der Waals surface area contributed by atoms with Gasteiger partial charge in [-0.1, -0.05) is 0 Å². The highest BCUT2D eigenvalue weighted by Gasteiger charge is 2.35. The van der Waals surface area contributed by atoms with Crippen LogP contribution < -0.4 is 5.32 Å². The molecule has 1 aliphatic rings. The summed E-state index contributed by atoms with van der Waals surface area (Å²) in [6.07, 6.45) is 6.82. The lowest BCUT2D eigenvalue weighted by atomic mass is 9.88. The molecule has 19 heavy (non-hydrogen) atoms. The van der Waals surface area contributed by atoms with Crippen LogP contribution in [0.5, 0.6) is 0 Å². The highest BCUT2D eigenvalue weighted by molar-refractivity contribution is 5.03. The van der Waals surface area contributed by atoms with Crippen LogP contribution in [0.2, 0.25) is 0 Å². The van der Waals surface area contributed by atoms with E-state index < -0.39 is 0 Å². The van der Waals surface area contributed by atoms with Crippen LogP contribution >= 0.6 is 0 Å². The van der Waals surface area contributed by atoms with Crippen molar-refractivity contribution in [3.8, 4) is 0 Å². The van der Waals surface area contributed by atoms with E-state index in [-0.39, 0.29) is 5.54 Å². The lowest BCUT2D eigenvalue weighted by Gasteiger charge is -2.42. The number of aryl methyl sites for hydroxylation is 2. The minimum atomic E-state index is 0.226. The van der Waals surface area contributed by atoms with E-state index in [9.17, 15) is 0 Å². The summed E-state index contributed by atoms with van der Waals surface area (Å²) < 4.78 is 1.98. The van der Waals surface area contributed by atoms with Gasteiger partial charge in [-0.25, -0.2) is 0 Å². The van der Waals surface area contributed by atoms with Crippen molar-refractivity contribution in [2.45, 2.75) is 51.1 Å². The summed E-state index contributed by atoms with van der Waals surface area (Å²) in [6, 6.07) is 2.63. The molecule has 0 radical (unpaired) electrons. The fourth-order valence-electron chi connectivity index (χ4n) is 3.30. The predicted octanol–water partition coefficient (Wildman–Crippen LogP) is 1.82. The van der Waals surface area contributed by atoms with E-state index in [2.05, 4.69) is 42.3 Å². The maximum Gasteiger partial charge on any atom is 0.0492 e. The van der Waals surface area contributed by atoms with Crippen LogP contribution in [-0.4, -0.2) is 46.4 Å². The number of nitrogens with zero attached hydrogens (tertiary/aromatic N) is 3. The van der Waals surface area contributed by atoms with Crippen molar-refractivity contribution in [1.29, 1.82) is 0 Å². The van der Waals surface area contributed by atoms with Gasteiger partial charge in [-0.3, -0.25) is 9.58 Å². The number of likely N-dealkylation sites (tertiary alicyclic amines) is 1. The SMILES string of the molecule is CNC(CCc1ccnn1C)C(C)(C)N1CCCC1. The van der Waals surface area contributed by atoms with Crippen molar-refractivity contribution >= 4 is 0 Å². The maximum atomic E-state index is 4.25. The summed E-state index contributed by atoms with van der Waals surface area (Å²) in [4.78, 5) is 2.64. The first-order chi connectivity index (χ1) is 9.05. The van der Waals surface area contributed by atoms with Crippen molar-refractivity contribution in [3.63, 3.8) is 0 Å². The molecule has 1 aliphatic heterocycles. The summed E-state index contributed by atoms with van der Waals surface area (Å²) in [5, 5.41) is 7.78. The monoisotopic (exact) mass is 264 g/mol. The van der Waals surface area contributed by atoms with Crippen LogP contribution in [0.1, 0.15) is 38.8 Å². The van der Waals surface area contributed by atoms with Gasteiger partial charge in [0.25, 0.3) is 0 Å². The fourth-order valence-corrected chi connectivity index (χ4v) is 3.30. The quantitative estimate of drug-likeness (QED) is 0.851. The Morgan fingerprint density at radius 3 is 2.58 bits per heavy atom. The Morgan fingerprint density at radius 2 is 2.05 bits per heavy atom. The van der Waals surface area contributed by atoms with Crippen LogP contribution in [-0.2, 0) is 13.5 Å². The summed E-state index contributed by atoms with van der Waals surface area (Å²) >= 11 is 0. The topological polar surface area (TPSA) is 33.1 Å². The molecule has 0 bridgehead atoms. The summed E-state index contributed by atoms with van der Waals surface area (Å²) in [5.41, 5.74) is 1.54. The molecular weight excluding hydrogens is 236 g/mol. The zero-order valence-electron chi connectivity index (χ0n) is 12.8. The van der Waals surface area contributed by atoms with E-state index >= 15 is 0 Å². The molecule has 0 spiro atoms. The molecule has 1 fully saturated rings. The minimum absolute atomic E-state index is 0.226. The number of hydrogen-bond donors (Lipinski definition) is 1. The van der Waals surface area contributed by atoms with Gasteiger partial charge < -0.3 is 5.32 Å². The number of hydrogen-bond acceptors (Lipinski definition) is 3. The summed E-state index contributed by atoms with van der Waals surface area (Å²) in [6.45, 7) is 7.25. The van der Waals surface area contributed by atoms with Gasteiger partial charge in [-0.2, -0.15) is 5.10 Å². The molecule has 1 saturated heterocycles. The van der Waals surface area contributed by atoms with E-state index in [1.54, 1.807) is 0 Å². The van der Waals surface area contributed by atoms with Crippen molar-refractivity contribution in [3.05, 3.63) is 18.0 Å². The Hall–Kier alpha value is -0.870. The summed E-state index contributed by atoms with van der Waals surface area (Å²) in [7, 11) is 4.11. The zero-order chi connectivity index (χ0) is 13.9. The normalized spacial score (nSPS) is 18.9. The molecule has 0 amide bonds. The van der Waals surface area contributed by atoms with E-state index in [1.165, 1.54) is 31.6 Å². The molecule has 108 valence electrons. The Morgan fingerprint density at radius 1 is 1.37 bits per heavy atom.